The van der Waals surface area contributed by atoms with Crippen molar-refractivity contribution in [2.45, 2.75) is 50.6 Å². The summed E-state index contributed by atoms with van der Waals surface area (Å²) in [5, 5.41) is 8.55. The van der Waals surface area contributed by atoms with E-state index in [9.17, 15) is 0 Å². The fourth-order valence-corrected chi connectivity index (χ4v) is 4.45. The number of nitrogens with one attached hydrogen (secondary N) is 1. The van der Waals surface area contributed by atoms with Crippen molar-refractivity contribution in [2.24, 2.45) is 0 Å². The van der Waals surface area contributed by atoms with Crippen LogP contribution in [-0.4, -0.2) is 16.0 Å². The summed E-state index contributed by atoms with van der Waals surface area (Å²) >= 11 is 1.80. The normalized spacial score (nSPS) is 16.3. The number of fused-ring (bicyclic) bond motifs is 1. The molecule has 140 valence electrons. The standard InChI is InChI=1S/C23H27N3S/c1-16-7-4-11-22(17(16)2)26-23-12-6-10-21(20(23)15-25-26)24-14-18-8-5-9-19(13-18)27-3/h4-5,7-9,11,13,15,21,24H,6,10,12,14H2,1-3H3. The van der Waals surface area contributed by atoms with E-state index in [0.717, 1.165) is 13.0 Å². The number of thioether (sulfide) groups is 1. The Morgan fingerprint density at radius 1 is 1.19 bits per heavy atom. The van der Waals surface area contributed by atoms with E-state index < -0.39 is 0 Å². The maximum Gasteiger partial charge on any atom is 0.0680 e. The molecule has 0 aliphatic heterocycles. The van der Waals surface area contributed by atoms with Gasteiger partial charge < -0.3 is 5.32 Å². The Morgan fingerprint density at radius 2 is 2.04 bits per heavy atom. The Balaban J connectivity index is 1.57. The van der Waals surface area contributed by atoms with Crippen LogP contribution >= 0.6 is 11.8 Å². The zero-order valence-electron chi connectivity index (χ0n) is 16.3. The molecule has 0 bridgehead atoms. The van der Waals surface area contributed by atoms with Crippen LogP contribution in [0.25, 0.3) is 5.69 Å². The summed E-state index contributed by atoms with van der Waals surface area (Å²) in [6.45, 7) is 5.25. The average molecular weight is 378 g/mol. The van der Waals surface area contributed by atoms with Gasteiger partial charge in [-0.15, -0.1) is 11.8 Å². The van der Waals surface area contributed by atoms with Gasteiger partial charge in [0.1, 0.15) is 0 Å². The van der Waals surface area contributed by atoms with Crippen LogP contribution in [0.1, 0.15) is 46.8 Å². The molecule has 1 aliphatic carbocycles. The van der Waals surface area contributed by atoms with Gasteiger partial charge in [-0.05, 0) is 74.3 Å². The number of rotatable bonds is 5. The maximum absolute atomic E-state index is 4.78. The average Bonchev–Trinajstić information content (AvgIpc) is 3.13. The molecule has 0 spiro atoms. The highest BCUT2D eigenvalue weighted by molar-refractivity contribution is 7.98. The monoisotopic (exact) mass is 377 g/mol. The van der Waals surface area contributed by atoms with Crippen molar-refractivity contribution in [1.29, 1.82) is 0 Å². The molecule has 0 radical (unpaired) electrons. The molecule has 0 fully saturated rings. The lowest BCUT2D eigenvalue weighted by Gasteiger charge is -2.25. The summed E-state index contributed by atoms with van der Waals surface area (Å²) in [6, 6.07) is 15.7. The van der Waals surface area contributed by atoms with E-state index in [-0.39, 0.29) is 0 Å². The summed E-state index contributed by atoms with van der Waals surface area (Å²) < 4.78 is 2.17. The zero-order valence-corrected chi connectivity index (χ0v) is 17.1. The lowest BCUT2D eigenvalue weighted by atomic mass is 9.92. The molecule has 1 aromatic heterocycles. The minimum atomic E-state index is 0.380. The fourth-order valence-electron chi connectivity index (χ4n) is 3.97. The van der Waals surface area contributed by atoms with E-state index in [0.29, 0.717) is 6.04 Å². The fraction of sp³-hybridized carbons (Fsp3) is 0.348. The highest BCUT2D eigenvalue weighted by atomic mass is 32.2. The van der Waals surface area contributed by atoms with Crippen LogP contribution in [-0.2, 0) is 13.0 Å². The number of hydrogen-bond acceptors (Lipinski definition) is 3. The highest BCUT2D eigenvalue weighted by Crippen LogP contribution is 2.32. The summed E-state index contributed by atoms with van der Waals surface area (Å²) in [5.41, 5.74) is 7.91. The van der Waals surface area contributed by atoms with Crippen molar-refractivity contribution >= 4 is 11.8 Å². The number of aryl methyl sites for hydroxylation is 1. The Kier molecular flexibility index (Phi) is 5.37. The van der Waals surface area contributed by atoms with Crippen LogP contribution in [0.2, 0.25) is 0 Å². The number of benzene rings is 2. The largest absolute Gasteiger partial charge is 0.306 e. The van der Waals surface area contributed by atoms with Crippen LogP contribution < -0.4 is 5.32 Å². The van der Waals surface area contributed by atoms with Gasteiger partial charge in [-0.3, -0.25) is 0 Å². The van der Waals surface area contributed by atoms with Crippen molar-refractivity contribution < 1.29 is 0 Å². The highest BCUT2D eigenvalue weighted by Gasteiger charge is 2.25. The van der Waals surface area contributed by atoms with Crippen molar-refractivity contribution in [3.05, 3.63) is 76.6 Å². The Labute approximate surface area is 166 Å². The van der Waals surface area contributed by atoms with Crippen LogP contribution in [0.5, 0.6) is 0 Å². The first kappa shape index (κ1) is 18.3. The van der Waals surface area contributed by atoms with Gasteiger partial charge in [0.15, 0.2) is 0 Å². The van der Waals surface area contributed by atoms with Crippen LogP contribution in [0, 0.1) is 13.8 Å². The first-order valence-corrected chi connectivity index (χ1v) is 10.9. The molecule has 0 saturated carbocycles. The van der Waals surface area contributed by atoms with E-state index in [2.05, 4.69) is 78.8 Å². The summed E-state index contributed by atoms with van der Waals surface area (Å²) in [6.07, 6.45) is 7.68. The Hall–Kier alpha value is -2.04. The number of hydrogen-bond donors (Lipinski definition) is 1. The van der Waals surface area contributed by atoms with Gasteiger partial charge >= 0.3 is 0 Å². The topological polar surface area (TPSA) is 29.9 Å². The summed E-state index contributed by atoms with van der Waals surface area (Å²) in [4.78, 5) is 1.32. The van der Waals surface area contributed by atoms with E-state index in [1.165, 1.54) is 51.4 Å². The molecule has 1 N–H and O–H groups in total. The quantitative estimate of drug-likeness (QED) is 0.606. The molecule has 2 aromatic carbocycles. The van der Waals surface area contributed by atoms with Crippen molar-refractivity contribution in [3.63, 3.8) is 0 Å². The van der Waals surface area contributed by atoms with Gasteiger partial charge in [0.25, 0.3) is 0 Å². The van der Waals surface area contributed by atoms with Crippen LogP contribution in [0.4, 0.5) is 0 Å². The third kappa shape index (κ3) is 3.69. The Morgan fingerprint density at radius 3 is 2.89 bits per heavy atom. The Bertz CT molecular complexity index is 945. The van der Waals surface area contributed by atoms with E-state index in [1.54, 1.807) is 11.8 Å². The molecule has 3 nitrogen and oxygen atoms in total. The van der Waals surface area contributed by atoms with Crippen molar-refractivity contribution in [2.75, 3.05) is 6.26 Å². The van der Waals surface area contributed by atoms with Gasteiger partial charge in [0.05, 0.1) is 11.9 Å². The molecular formula is C23H27N3S. The molecule has 1 aliphatic rings. The van der Waals surface area contributed by atoms with E-state index in [1.807, 2.05) is 0 Å². The molecule has 1 atom stereocenters. The molecule has 4 heteroatoms. The second kappa shape index (κ2) is 7.91. The predicted octanol–water partition coefficient (Wildman–Crippen LogP) is 5.38. The van der Waals surface area contributed by atoms with Gasteiger partial charge in [-0.1, -0.05) is 24.3 Å². The molecule has 1 heterocycles. The molecule has 0 amide bonds. The van der Waals surface area contributed by atoms with Gasteiger partial charge in [-0.2, -0.15) is 5.10 Å². The molecule has 0 saturated heterocycles. The maximum atomic E-state index is 4.78. The van der Waals surface area contributed by atoms with E-state index >= 15 is 0 Å². The first-order chi connectivity index (χ1) is 13.2. The summed E-state index contributed by atoms with van der Waals surface area (Å²) in [5.74, 6) is 0. The zero-order chi connectivity index (χ0) is 18.8. The minimum absolute atomic E-state index is 0.380. The number of aromatic nitrogens is 2. The third-order valence-electron chi connectivity index (χ3n) is 5.67. The second-order valence-electron chi connectivity index (χ2n) is 7.35. The molecular weight excluding hydrogens is 350 g/mol. The number of nitrogens with zero attached hydrogens (tertiary/aromatic N) is 2. The lowest BCUT2D eigenvalue weighted by Crippen LogP contribution is -2.25. The molecule has 1 unspecified atom stereocenters. The van der Waals surface area contributed by atoms with Crippen molar-refractivity contribution in [1.82, 2.24) is 15.1 Å². The van der Waals surface area contributed by atoms with Crippen molar-refractivity contribution in [3.8, 4) is 5.69 Å². The predicted molar refractivity (Wildman–Crippen MR) is 114 cm³/mol. The molecule has 4 rings (SSSR count). The van der Waals surface area contributed by atoms with Gasteiger partial charge in [-0.25, -0.2) is 4.68 Å². The molecule has 3 aromatic rings. The van der Waals surface area contributed by atoms with Crippen LogP contribution in [0.3, 0.4) is 0 Å². The molecule has 27 heavy (non-hydrogen) atoms. The lowest BCUT2D eigenvalue weighted by molar-refractivity contribution is 0.454. The summed E-state index contributed by atoms with van der Waals surface area (Å²) in [7, 11) is 0. The van der Waals surface area contributed by atoms with Gasteiger partial charge in [0.2, 0.25) is 0 Å². The third-order valence-corrected chi connectivity index (χ3v) is 6.40. The van der Waals surface area contributed by atoms with Crippen LogP contribution in [0.15, 0.2) is 53.6 Å². The smallest absolute Gasteiger partial charge is 0.0680 e. The first-order valence-electron chi connectivity index (χ1n) is 9.67. The van der Waals surface area contributed by atoms with E-state index in [4.69, 9.17) is 5.10 Å². The minimum Gasteiger partial charge on any atom is -0.306 e. The van der Waals surface area contributed by atoms with Gasteiger partial charge in [0, 0.05) is 28.7 Å². The SMILES string of the molecule is CSc1cccc(CNC2CCCc3c2cnn3-c2cccc(C)c2C)c1. The second-order valence-corrected chi connectivity index (χ2v) is 8.23.